The number of hydrogen-bond donors (Lipinski definition) is 1. The summed E-state index contributed by atoms with van der Waals surface area (Å²) in [6.45, 7) is 3.58. The highest BCUT2D eigenvalue weighted by Crippen LogP contribution is 2.38. The Hall–Kier alpha value is -2.21. The average Bonchev–Trinajstić information content (AvgIpc) is 3.70. The van der Waals surface area contributed by atoms with Crippen LogP contribution in [-0.4, -0.2) is 52.2 Å². The van der Waals surface area contributed by atoms with Crippen molar-refractivity contribution in [1.82, 2.24) is 14.8 Å². The van der Waals surface area contributed by atoms with Crippen LogP contribution < -0.4 is 5.32 Å². The Morgan fingerprint density at radius 1 is 1.21 bits per heavy atom. The fourth-order valence-electron chi connectivity index (χ4n) is 5.07. The van der Waals surface area contributed by atoms with E-state index in [-0.39, 0.29) is 23.7 Å². The second-order valence-corrected chi connectivity index (χ2v) is 12.7. The molecule has 1 saturated heterocycles. The largest absolute Gasteiger partial charge is 0.465 e. The zero-order valence-corrected chi connectivity index (χ0v) is 24.4. The van der Waals surface area contributed by atoms with Gasteiger partial charge < -0.3 is 14.8 Å². The molecule has 3 aromatic heterocycles. The van der Waals surface area contributed by atoms with Crippen LogP contribution in [0.25, 0.3) is 11.4 Å². The van der Waals surface area contributed by atoms with Crippen molar-refractivity contribution in [1.29, 1.82) is 0 Å². The number of esters is 1. The number of thiophene rings is 2. The van der Waals surface area contributed by atoms with Gasteiger partial charge in [0.1, 0.15) is 5.00 Å². The van der Waals surface area contributed by atoms with Crippen LogP contribution in [0.1, 0.15) is 71.1 Å². The first kappa shape index (κ1) is 27.4. The number of fused-ring (bicyclic) bond motifs is 1. The summed E-state index contributed by atoms with van der Waals surface area (Å²) >= 11 is 4.60. The lowest BCUT2D eigenvalue weighted by atomic mass is 9.96. The highest BCUT2D eigenvalue weighted by atomic mass is 32.2. The van der Waals surface area contributed by atoms with E-state index in [1.54, 1.807) is 11.3 Å². The summed E-state index contributed by atoms with van der Waals surface area (Å²) in [5.41, 5.74) is 2.63. The zero-order valence-electron chi connectivity index (χ0n) is 21.9. The average molecular weight is 575 g/mol. The lowest BCUT2D eigenvalue weighted by Gasteiger charge is -2.14. The molecule has 5 rings (SSSR count). The van der Waals surface area contributed by atoms with Crippen LogP contribution in [0.5, 0.6) is 0 Å². The number of anilines is 1. The summed E-state index contributed by atoms with van der Waals surface area (Å²) < 4.78 is 13.1. The third-order valence-electron chi connectivity index (χ3n) is 7.03. The number of thioether (sulfide) groups is 1. The van der Waals surface area contributed by atoms with Crippen LogP contribution in [0, 0.1) is 0 Å². The predicted molar refractivity (Wildman–Crippen MR) is 153 cm³/mol. The smallest absolute Gasteiger partial charge is 0.341 e. The molecule has 2 aliphatic rings. The third-order valence-corrected chi connectivity index (χ3v) is 10.3. The van der Waals surface area contributed by atoms with Crippen LogP contribution in [0.3, 0.4) is 0 Å². The molecule has 1 unspecified atom stereocenters. The molecular formula is C27H34N4O4S3. The number of methoxy groups -OCH3 is 1. The molecule has 1 N–H and O–H groups in total. The van der Waals surface area contributed by atoms with Gasteiger partial charge in [0, 0.05) is 27.3 Å². The van der Waals surface area contributed by atoms with E-state index >= 15 is 0 Å². The summed E-state index contributed by atoms with van der Waals surface area (Å²) in [5, 5.41) is 15.4. The lowest BCUT2D eigenvalue weighted by molar-refractivity contribution is -0.113. The Labute approximate surface area is 235 Å². The molecule has 0 spiro atoms. The van der Waals surface area contributed by atoms with Gasteiger partial charge in [-0.05, 0) is 56.6 Å². The maximum Gasteiger partial charge on any atom is 0.341 e. The number of aromatic nitrogens is 3. The molecule has 0 saturated carbocycles. The molecule has 11 heteroatoms. The monoisotopic (exact) mass is 574 g/mol. The van der Waals surface area contributed by atoms with E-state index in [0.717, 1.165) is 74.9 Å². The van der Waals surface area contributed by atoms with Gasteiger partial charge in [-0.1, -0.05) is 31.5 Å². The fourth-order valence-corrected chi connectivity index (χ4v) is 7.92. The van der Waals surface area contributed by atoms with E-state index < -0.39 is 0 Å². The van der Waals surface area contributed by atoms with Crippen molar-refractivity contribution >= 4 is 51.3 Å². The molecule has 1 fully saturated rings. The van der Waals surface area contributed by atoms with Crippen LogP contribution in [0.2, 0.25) is 0 Å². The normalized spacial score (nSPS) is 17.6. The van der Waals surface area contributed by atoms with Gasteiger partial charge >= 0.3 is 5.97 Å². The standard InChI is InChI=1S/C27H34N4O4S3/c1-3-19-13-17(15-36-19)24-29-30-27(31(24)14-18-9-8-12-35-18)37-16-22(32)28-25-23(26(33)34-2)20-10-6-4-5-7-11-21(20)38-25/h13,15,18H,3-12,14,16H2,1-2H3,(H,28,32). The number of aryl methyl sites for hydroxylation is 2. The Balaban J connectivity index is 1.33. The van der Waals surface area contributed by atoms with Gasteiger partial charge in [-0.2, -0.15) is 0 Å². The lowest BCUT2D eigenvalue weighted by Crippen LogP contribution is -2.18. The van der Waals surface area contributed by atoms with Gasteiger partial charge in [0.05, 0.1) is 31.1 Å². The van der Waals surface area contributed by atoms with E-state index in [9.17, 15) is 9.59 Å². The number of nitrogens with one attached hydrogen (secondary N) is 1. The Morgan fingerprint density at radius 2 is 2.05 bits per heavy atom. The topological polar surface area (TPSA) is 95.3 Å². The van der Waals surface area contributed by atoms with Gasteiger partial charge in [-0.15, -0.1) is 32.9 Å². The number of amides is 1. The fraction of sp³-hybridized carbons (Fsp3) is 0.556. The van der Waals surface area contributed by atoms with Crippen LogP contribution in [0.4, 0.5) is 5.00 Å². The SMILES string of the molecule is CCc1cc(-c2nnc(SCC(=O)Nc3sc4c(c3C(=O)OC)CCCCCC4)n2CC2CCCO2)cs1. The molecule has 204 valence electrons. The summed E-state index contributed by atoms with van der Waals surface area (Å²) in [6.07, 6.45) is 9.45. The Kier molecular flexibility index (Phi) is 9.19. The van der Waals surface area contributed by atoms with Crippen molar-refractivity contribution in [3.8, 4) is 11.4 Å². The van der Waals surface area contributed by atoms with Crippen molar-refractivity contribution < 1.29 is 19.1 Å². The van der Waals surface area contributed by atoms with Crippen molar-refractivity contribution in [2.45, 2.75) is 82.5 Å². The molecule has 1 amide bonds. The zero-order chi connectivity index (χ0) is 26.5. The summed E-state index contributed by atoms with van der Waals surface area (Å²) in [5.74, 6) is 0.419. The van der Waals surface area contributed by atoms with Gasteiger partial charge in [0.15, 0.2) is 11.0 Å². The molecule has 1 aliphatic carbocycles. The number of nitrogens with zero attached hydrogens (tertiary/aromatic N) is 3. The van der Waals surface area contributed by atoms with Crippen LogP contribution in [-0.2, 0) is 40.1 Å². The summed E-state index contributed by atoms with van der Waals surface area (Å²) in [6, 6.07) is 2.17. The van der Waals surface area contributed by atoms with Gasteiger partial charge in [0.2, 0.25) is 5.91 Å². The highest BCUT2D eigenvalue weighted by molar-refractivity contribution is 7.99. The minimum absolute atomic E-state index is 0.121. The first-order valence-corrected chi connectivity index (χ1v) is 16.0. The van der Waals surface area contributed by atoms with Crippen LogP contribution in [0.15, 0.2) is 16.6 Å². The van der Waals surface area contributed by atoms with E-state index in [2.05, 4.69) is 38.5 Å². The Bertz CT molecular complexity index is 1280. The predicted octanol–water partition coefficient (Wildman–Crippen LogP) is 5.99. The molecule has 0 aromatic carbocycles. The van der Waals surface area contributed by atoms with Crippen molar-refractivity contribution in [3.63, 3.8) is 0 Å². The van der Waals surface area contributed by atoms with E-state index in [4.69, 9.17) is 9.47 Å². The van der Waals surface area contributed by atoms with Crippen LogP contribution >= 0.6 is 34.4 Å². The van der Waals surface area contributed by atoms with E-state index in [0.29, 0.717) is 22.3 Å². The molecule has 1 atom stereocenters. The minimum atomic E-state index is -0.380. The van der Waals surface area contributed by atoms with Crippen molar-refractivity contribution in [2.75, 3.05) is 24.8 Å². The number of rotatable bonds is 9. The second kappa shape index (κ2) is 12.8. The Morgan fingerprint density at radius 3 is 2.79 bits per heavy atom. The first-order chi connectivity index (χ1) is 18.6. The molecular weight excluding hydrogens is 541 g/mol. The number of carbonyl (C=O) groups is 2. The minimum Gasteiger partial charge on any atom is -0.465 e. The van der Waals surface area contributed by atoms with Gasteiger partial charge in [-0.25, -0.2) is 4.79 Å². The summed E-state index contributed by atoms with van der Waals surface area (Å²) in [7, 11) is 1.40. The van der Waals surface area contributed by atoms with Crippen molar-refractivity contribution in [2.24, 2.45) is 0 Å². The maximum absolute atomic E-state index is 13.1. The van der Waals surface area contributed by atoms with E-state index in [1.807, 2.05) is 0 Å². The highest BCUT2D eigenvalue weighted by Gasteiger charge is 2.27. The number of ether oxygens (including phenoxy) is 2. The summed E-state index contributed by atoms with van der Waals surface area (Å²) in [4.78, 5) is 28.3. The van der Waals surface area contributed by atoms with Gasteiger partial charge in [0.25, 0.3) is 0 Å². The first-order valence-electron chi connectivity index (χ1n) is 13.4. The molecule has 0 radical (unpaired) electrons. The molecule has 4 heterocycles. The molecule has 1 aliphatic heterocycles. The molecule has 8 nitrogen and oxygen atoms in total. The molecule has 3 aromatic rings. The number of hydrogen-bond acceptors (Lipinski definition) is 9. The van der Waals surface area contributed by atoms with Gasteiger partial charge in [-0.3, -0.25) is 9.36 Å². The molecule has 38 heavy (non-hydrogen) atoms. The second-order valence-electron chi connectivity index (χ2n) is 9.66. The number of carbonyl (C=O) groups excluding carboxylic acids is 2. The third kappa shape index (κ3) is 6.16. The quantitative estimate of drug-likeness (QED) is 0.248. The maximum atomic E-state index is 13.1. The van der Waals surface area contributed by atoms with E-state index in [1.165, 1.54) is 46.4 Å². The molecule has 0 bridgehead atoms. The van der Waals surface area contributed by atoms with Crippen molar-refractivity contribution in [3.05, 3.63) is 32.3 Å².